The minimum atomic E-state index is 0.0351. The predicted molar refractivity (Wildman–Crippen MR) is 114 cm³/mol. The van der Waals surface area contributed by atoms with Crippen LogP contribution in [0.15, 0.2) is 60.8 Å². The van der Waals surface area contributed by atoms with Crippen molar-refractivity contribution in [1.29, 1.82) is 0 Å². The molecule has 0 saturated heterocycles. The molecule has 5 nitrogen and oxygen atoms in total. The van der Waals surface area contributed by atoms with Gasteiger partial charge in [0, 0.05) is 12.3 Å². The summed E-state index contributed by atoms with van der Waals surface area (Å²) >= 11 is 0. The zero-order valence-corrected chi connectivity index (χ0v) is 16.3. The largest absolute Gasteiger partial charge is 0.490 e. The maximum atomic E-state index is 6.05. The number of nitrogens with zero attached hydrogens (tertiary/aromatic N) is 2. The number of aromatic nitrogens is 3. The molecule has 2 aromatic heterocycles. The van der Waals surface area contributed by atoms with Gasteiger partial charge in [0.1, 0.15) is 37.3 Å². The molecule has 0 radical (unpaired) electrons. The number of benzene rings is 2. The first-order valence-corrected chi connectivity index (χ1v) is 9.38. The molecule has 1 N–H and O–H groups in total. The van der Waals surface area contributed by atoms with Crippen molar-refractivity contribution in [3.8, 4) is 22.9 Å². The van der Waals surface area contributed by atoms with Gasteiger partial charge in [-0.15, -0.1) is 0 Å². The molecule has 0 aliphatic carbocycles. The molecule has 0 aliphatic rings. The summed E-state index contributed by atoms with van der Waals surface area (Å²) in [5, 5.41) is 0. The lowest BCUT2D eigenvalue weighted by Gasteiger charge is -2.15. The van der Waals surface area contributed by atoms with E-state index in [1.165, 1.54) is 0 Å². The van der Waals surface area contributed by atoms with Crippen LogP contribution in [0.25, 0.3) is 22.6 Å². The van der Waals surface area contributed by atoms with E-state index in [2.05, 4.69) is 9.97 Å². The van der Waals surface area contributed by atoms with Gasteiger partial charge in [0.25, 0.3) is 0 Å². The highest BCUT2D eigenvalue weighted by Crippen LogP contribution is 2.33. The number of nitrogens with one attached hydrogen (secondary N) is 1. The van der Waals surface area contributed by atoms with Crippen molar-refractivity contribution in [2.75, 3.05) is 0 Å². The van der Waals surface area contributed by atoms with Crippen LogP contribution >= 0.6 is 0 Å². The quantitative estimate of drug-likeness (QED) is 0.529. The molecule has 0 unspecified atom stereocenters. The summed E-state index contributed by atoms with van der Waals surface area (Å²) in [6.45, 7) is 4.52. The van der Waals surface area contributed by atoms with Crippen molar-refractivity contribution in [1.82, 2.24) is 15.0 Å². The summed E-state index contributed by atoms with van der Waals surface area (Å²) < 4.78 is 12.0. The summed E-state index contributed by atoms with van der Waals surface area (Å²) in [6.07, 6.45) is 1.86. The van der Waals surface area contributed by atoms with Crippen LogP contribution in [0.5, 0.6) is 11.5 Å². The van der Waals surface area contributed by atoms with Gasteiger partial charge >= 0.3 is 0 Å². The minimum Gasteiger partial charge on any atom is -0.490 e. The molecule has 0 amide bonds. The Hall–Kier alpha value is -3.28. The number of hydrogen-bond acceptors (Lipinski definition) is 4. The Kier molecular flexibility index (Phi) is 5.02. The first kappa shape index (κ1) is 18.1. The maximum absolute atomic E-state index is 6.05. The molecular formula is C22H22BN3O2. The molecule has 2 heterocycles. The zero-order chi connectivity index (χ0) is 19.5. The van der Waals surface area contributed by atoms with E-state index < -0.39 is 0 Å². The molecule has 0 fully saturated rings. The van der Waals surface area contributed by atoms with E-state index in [0.717, 1.165) is 45.1 Å². The number of H-pyrrole nitrogens is 1. The minimum absolute atomic E-state index is 0.0351. The number of imidazole rings is 1. The number of ether oxygens (including phenoxy) is 2. The zero-order valence-electron chi connectivity index (χ0n) is 16.3. The fourth-order valence-electron chi connectivity index (χ4n) is 3.00. The van der Waals surface area contributed by atoms with Gasteiger partial charge in [0.2, 0.25) is 0 Å². The van der Waals surface area contributed by atoms with Gasteiger partial charge in [-0.25, -0.2) is 9.97 Å². The Morgan fingerprint density at radius 2 is 1.89 bits per heavy atom. The van der Waals surface area contributed by atoms with Crippen molar-refractivity contribution < 1.29 is 9.47 Å². The average Bonchev–Trinajstić information content (AvgIpc) is 3.09. The molecule has 6 heteroatoms. The van der Waals surface area contributed by atoms with Gasteiger partial charge in [0.15, 0.2) is 5.65 Å². The predicted octanol–water partition coefficient (Wildman–Crippen LogP) is 3.25. The fourth-order valence-corrected chi connectivity index (χ4v) is 3.00. The summed E-state index contributed by atoms with van der Waals surface area (Å²) in [5.74, 6) is 2.23. The molecule has 0 aliphatic heterocycles. The average molecular weight is 371 g/mol. The summed E-state index contributed by atoms with van der Waals surface area (Å²) in [6, 6.07) is 18.0. The Morgan fingerprint density at radius 1 is 1.07 bits per heavy atom. The molecule has 4 aromatic rings. The number of pyridine rings is 1. The third-order valence-corrected chi connectivity index (χ3v) is 4.29. The number of fused-ring (bicyclic) bond motifs is 1. The molecule has 0 spiro atoms. The molecule has 2 aromatic carbocycles. The second kappa shape index (κ2) is 7.76. The molecule has 28 heavy (non-hydrogen) atoms. The first-order chi connectivity index (χ1) is 13.6. The lowest BCUT2D eigenvalue weighted by molar-refractivity contribution is 0.240. The van der Waals surface area contributed by atoms with Crippen LogP contribution in [0.2, 0.25) is 0 Å². The van der Waals surface area contributed by atoms with Gasteiger partial charge in [-0.2, -0.15) is 0 Å². The molecule has 140 valence electrons. The Balaban J connectivity index is 1.65. The Labute approximate surface area is 165 Å². The lowest BCUT2D eigenvalue weighted by atomic mass is 9.99. The van der Waals surface area contributed by atoms with E-state index >= 15 is 0 Å². The van der Waals surface area contributed by atoms with Crippen molar-refractivity contribution in [3.05, 3.63) is 66.4 Å². The summed E-state index contributed by atoms with van der Waals surface area (Å²) in [7, 11) is 2.01. The highest BCUT2D eigenvalue weighted by molar-refractivity contribution is 6.32. The van der Waals surface area contributed by atoms with E-state index in [-0.39, 0.29) is 6.10 Å². The number of aromatic amines is 1. The number of hydrogen-bond donors (Lipinski definition) is 1. The maximum Gasteiger partial charge on any atom is 0.157 e. The number of rotatable bonds is 6. The van der Waals surface area contributed by atoms with Gasteiger partial charge in [-0.1, -0.05) is 35.8 Å². The van der Waals surface area contributed by atoms with E-state index in [9.17, 15) is 0 Å². The molecule has 0 atom stereocenters. The summed E-state index contributed by atoms with van der Waals surface area (Å²) in [4.78, 5) is 12.4. The van der Waals surface area contributed by atoms with Crippen LogP contribution in [0.1, 0.15) is 19.4 Å². The van der Waals surface area contributed by atoms with Crippen LogP contribution in [-0.2, 0) is 6.61 Å². The van der Waals surface area contributed by atoms with E-state index in [0.29, 0.717) is 6.61 Å². The third kappa shape index (κ3) is 4.01. The standard InChI is InChI=1S/C22H22BN3O2/c1-14(2)28-20-11-17(27-13-15-6-4-3-5-7-15)8-9-18(20)21-25-19-10-16(23)12-24-22(19)26-21/h3-12,14H,13,23H2,1-2H3,(H,24,25,26). The second-order valence-electron chi connectivity index (χ2n) is 7.06. The van der Waals surface area contributed by atoms with Crippen LogP contribution < -0.4 is 14.9 Å². The van der Waals surface area contributed by atoms with Crippen molar-refractivity contribution in [3.63, 3.8) is 0 Å². The second-order valence-corrected chi connectivity index (χ2v) is 7.06. The molecule has 0 bridgehead atoms. The monoisotopic (exact) mass is 371 g/mol. The van der Waals surface area contributed by atoms with E-state index in [4.69, 9.17) is 14.5 Å². The smallest absolute Gasteiger partial charge is 0.157 e. The van der Waals surface area contributed by atoms with Gasteiger partial charge < -0.3 is 14.5 Å². The lowest BCUT2D eigenvalue weighted by Crippen LogP contribution is -2.07. The van der Waals surface area contributed by atoms with Crippen molar-refractivity contribution in [2.24, 2.45) is 0 Å². The van der Waals surface area contributed by atoms with Crippen LogP contribution in [0, 0.1) is 0 Å². The summed E-state index contributed by atoms with van der Waals surface area (Å²) in [5.41, 5.74) is 4.69. The van der Waals surface area contributed by atoms with Crippen LogP contribution in [-0.4, -0.2) is 28.9 Å². The Bertz CT molecular complexity index is 1090. The van der Waals surface area contributed by atoms with Gasteiger partial charge in [-0.3, -0.25) is 0 Å². The third-order valence-electron chi connectivity index (χ3n) is 4.29. The normalized spacial score (nSPS) is 11.1. The highest BCUT2D eigenvalue weighted by Gasteiger charge is 2.14. The van der Waals surface area contributed by atoms with Crippen LogP contribution in [0.3, 0.4) is 0 Å². The van der Waals surface area contributed by atoms with Crippen molar-refractivity contribution >= 4 is 24.5 Å². The fraction of sp³-hybridized carbons (Fsp3) is 0.182. The van der Waals surface area contributed by atoms with E-state index in [1.54, 1.807) is 0 Å². The first-order valence-electron chi connectivity index (χ1n) is 9.38. The SMILES string of the molecule is Bc1cnc2[nH]c(-c3ccc(OCc4ccccc4)cc3OC(C)C)nc2c1. The van der Waals surface area contributed by atoms with Gasteiger partial charge in [-0.05, 0) is 37.6 Å². The Morgan fingerprint density at radius 3 is 2.68 bits per heavy atom. The van der Waals surface area contributed by atoms with E-state index in [1.807, 2.05) is 82.5 Å². The van der Waals surface area contributed by atoms with Crippen molar-refractivity contribution in [2.45, 2.75) is 26.6 Å². The molecule has 0 saturated carbocycles. The van der Waals surface area contributed by atoms with Crippen LogP contribution in [0.4, 0.5) is 0 Å². The van der Waals surface area contributed by atoms with Gasteiger partial charge in [0.05, 0.1) is 11.7 Å². The highest BCUT2D eigenvalue weighted by atomic mass is 16.5. The molecular weight excluding hydrogens is 349 g/mol. The molecule has 4 rings (SSSR count). The topological polar surface area (TPSA) is 60.0 Å².